The molecule has 0 amide bonds. The molecular weight excluding hydrogens is 313 g/mol. The highest BCUT2D eigenvalue weighted by atomic mass is 35.5. The van der Waals surface area contributed by atoms with Gasteiger partial charge >= 0.3 is 0 Å². The van der Waals surface area contributed by atoms with Crippen LogP contribution < -0.4 is 5.32 Å². The highest BCUT2D eigenvalue weighted by Crippen LogP contribution is 2.52. The van der Waals surface area contributed by atoms with Gasteiger partial charge in [-0.25, -0.2) is 0 Å². The maximum absolute atomic E-state index is 6.24. The van der Waals surface area contributed by atoms with E-state index in [1.165, 1.54) is 50.5 Å². The Hall–Kier alpha value is -0.500. The third-order valence-corrected chi connectivity index (χ3v) is 6.43. The summed E-state index contributed by atoms with van der Waals surface area (Å²) in [6.45, 7) is 6.79. The van der Waals surface area contributed by atoms with Crippen molar-refractivity contribution in [1.82, 2.24) is 5.32 Å². The first kappa shape index (κ1) is 16.4. The lowest BCUT2D eigenvalue weighted by atomic mass is 9.65. The van der Waals surface area contributed by atoms with Crippen LogP contribution in [-0.2, 0) is 0 Å². The van der Waals surface area contributed by atoms with Crippen molar-refractivity contribution in [3.63, 3.8) is 0 Å². The molecule has 0 aromatic heterocycles. The summed E-state index contributed by atoms with van der Waals surface area (Å²) >= 11 is 12.3. The van der Waals surface area contributed by atoms with Crippen LogP contribution in [0.3, 0.4) is 0 Å². The van der Waals surface area contributed by atoms with Gasteiger partial charge < -0.3 is 5.32 Å². The van der Waals surface area contributed by atoms with Crippen molar-refractivity contribution in [3.05, 3.63) is 40.4 Å². The number of benzene rings is 1. The third kappa shape index (κ3) is 2.84. The van der Waals surface area contributed by atoms with Crippen molar-refractivity contribution in [3.8, 4) is 0 Å². The molecule has 0 aliphatic carbocycles. The van der Waals surface area contributed by atoms with Gasteiger partial charge in [-0.05, 0) is 55.4 Å². The lowest BCUT2D eigenvalue weighted by Crippen LogP contribution is -2.49. The molecule has 2 aliphatic heterocycles. The Bertz CT molecular complexity index is 569. The Labute approximate surface area is 144 Å². The van der Waals surface area contributed by atoms with Gasteiger partial charge in [0.05, 0.1) is 10.0 Å². The van der Waals surface area contributed by atoms with Crippen molar-refractivity contribution in [2.24, 2.45) is 5.41 Å². The minimum absolute atomic E-state index is 0.181. The molecule has 0 saturated carbocycles. The number of halogens is 2. The van der Waals surface area contributed by atoms with Crippen LogP contribution in [0, 0.1) is 5.41 Å². The molecule has 1 N–H and O–H groups in total. The zero-order chi connectivity index (χ0) is 15.7. The molecule has 1 aromatic rings. The molecule has 3 rings (SSSR count). The van der Waals surface area contributed by atoms with Crippen LogP contribution in [0.5, 0.6) is 0 Å². The first-order chi connectivity index (χ1) is 10.6. The molecule has 3 heteroatoms. The molecule has 2 fully saturated rings. The van der Waals surface area contributed by atoms with Crippen LogP contribution in [0.15, 0.2) is 24.8 Å². The van der Waals surface area contributed by atoms with E-state index in [1.54, 1.807) is 0 Å². The summed E-state index contributed by atoms with van der Waals surface area (Å²) in [5.74, 6) is 0. The Morgan fingerprint density at radius 1 is 1.27 bits per heavy atom. The van der Waals surface area contributed by atoms with Gasteiger partial charge in [0.1, 0.15) is 0 Å². The second-order valence-electron chi connectivity index (χ2n) is 6.90. The van der Waals surface area contributed by atoms with Gasteiger partial charge in [-0.15, -0.1) is 0 Å². The number of hydrogen-bond donors (Lipinski definition) is 1. The molecule has 2 saturated heterocycles. The van der Waals surface area contributed by atoms with E-state index in [2.05, 4.69) is 24.9 Å². The topological polar surface area (TPSA) is 12.0 Å². The fourth-order valence-corrected chi connectivity index (χ4v) is 4.66. The molecule has 2 bridgehead atoms. The van der Waals surface area contributed by atoms with E-state index >= 15 is 0 Å². The van der Waals surface area contributed by atoms with Crippen molar-refractivity contribution >= 4 is 28.8 Å². The highest BCUT2D eigenvalue weighted by Gasteiger charge is 2.47. The van der Waals surface area contributed by atoms with E-state index in [-0.39, 0.29) is 5.41 Å². The highest BCUT2D eigenvalue weighted by molar-refractivity contribution is 6.42. The number of unbranched alkanes of at least 4 members (excludes halogenated alkanes) is 1. The largest absolute Gasteiger partial charge is 0.310 e. The fourth-order valence-electron chi connectivity index (χ4n) is 4.36. The maximum Gasteiger partial charge on any atom is 0.0598 e. The van der Waals surface area contributed by atoms with Crippen molar-refractivity contribution in [1.29, 1.82) is 0 Å². The van der Waals surface area contributed by atoms with E-state index in [4.69, 9.17) is 23.2 Å². The zero-order valence-electron chi connectivity index (χ0n) is 13.3. The monoisotopic (exact) mass is 337 g/mol. The van der Waals surface area contributed by atoms with E-state index in [9.17, 15) is 0 Å². The quantitative estimate of drug-likeness (QED) is 0.684. The van der Waals surface area contributed by atoms with Crippen LogP contribution in [0.1, 0.15) is 57.4 Å². The fraction of sp³-hybridized carbons (Fsp3) is 0.579. The summed E-state index contributed by atoms with van der Waals surface area (Å²) in [6, 6.07) is 7.25. The minimum atomic E-state index is 0.181. The number of rotatable bonds is 5. The molecule has 2 aliphatic rings. The standard InChI is InChI=1S/C19H25Cl2N/c1-3-4-10-19(11-9-15-6-8-18(19)22-15)13(2)14-5-7-16(20)17(21)12-14/h5,7,12,15,18,22H,2-4,6,8-11H2,1H3/t15-,18-,19+/m1/s1. The zero-order valence-corrected chi connectivity index (χ0v) is 14.8. The Balaban J connectivity index is 1.94. The van der Waals surface area contributed by atoms with Gasteiger partial charge in [0, 0.05) is 17.5 Å². The summed E-state index contributed by atoms with van der Waals surface area (Å²) in [4.78, 5) is 0. The second-order valence-corrected chi connectivity index (χ2v) is 7.71. The lowest BCUT2D eigenvalue weighted by Gasteiger charge is -2.45. The van der Waals surface area contributed by atoms with Crippen molar-refractivity contribution in [2.75, 3.05) is 0 Å². The van der Waals surface area contributed by atoms with E-state index in [0.717, 1.165) is 11.6 Å². The minimum Gasteiger partial charge on any atom is -0.310 e. The van der Waals surface area contributed by atoms with Gasteiger partial charge in [-0.1, -0.05) is 55.6 Å². The summed E-state index contributed by atoms with van der Waals surface area (Å²) < 4.78 is 0. The van der Waals surface area contributed by atoms with Crippen molar-refractivity contribution < 1.29 is 0 Å². The summed E-state index contributed by atoms with van der Waals surface area (Å²) in [7, 11) is 0. The van der Waals surface area contributed by atoms with Crippen LogP contribution in [0.4, 0.5) is 0 Å². The van der Waals surface area contributed by atoms with Gasteiger partial charge in [0.25, 0.3) is 0 Å². The molecule has 120 valence electrons. The Morgan fingerprint density at radius 2 is 2.09 bits per heavy atom. The molecule has 3 atom stereocenters. The number of piperidine rings is 1. The SMILES string of the molecule is C=C(c1ccc(Cl)c(Cl)c1)[C@]1(CCCC)CC[C@H]2CC[C@H]1N2. The summed E-state index contributed by atoms with van der Waals surface area (Å²) in [5.41, 5.74) is 2.58. The predicted octanol–water partition coefficient (Wildman–Crippen LogP) is 6.10. The van der Waals surface area contributed by atoms with Crippen LogP contribution in [0.25, 0.3) is 5.57 Å². The van der Waals surface area contributed by atoms with E-state index in [1.807, 2.05) is 12.1 Å². The molecule has 1 nitrogen and oxygen atoms in total. The summed E-state index contributed by atoms with van der Waals surface area (Å²) in [6.07, 6.45) is 8.79. The molecule has 0 unspecified atom stereocenters. The van der Waals surface area contributed by atoms with Crippen LogP contribution in [-0.4, -0.2) is 12.1 Å². The average molecular weight is 338 g/mol. The summed E-state index contributed by atoms with van der Waals surface area (Å²) in [5, 5.41) is 5.09. The molecule has 0 radical (unpaired) electrons. The molecule has 2 heterocycles. The van der Waals surface area contributed by atoms with Crippen molar-refractivity contribution in [2.45, 2.75) is 64.0 Å². The van der Waals surface area contributed by atoms with Gasteiger partial charge in [0.15, 0.2) is 0 Å². The normalized spacial score (nSPS) is 30.5. The first-order valence-corrected chi connectivity index (χ1v) is 9.23. The first-order valence-electron chi connectivity index (χ1n) is 8.47. The molecule has 1 aromatic carbocycles. The van der Waals surface area contributed by atoms with Gasteiger partial charge in [-0.3, -0.25) is 0 Å². The van der Waals surface area contributed by atoms with Gasteiger partial charge in [-0.2, -0.15) is 0 Å². The van der Waals surface area contributed by atoms with Crippen LogP contribution >= 0.6 is 23.2 Å². The lowest BCUT2D eigenvalue weighted by molar-refractivity contribution is 0.196. The average Bonchev–Trinajstić information content (AvgIpc) is 2.93. The predicted molar refractivity (Wildman–Crippen MR) is 96.6 cm³/mol. The molecular formula is C19H25Cl2N. The van der Waals surface area contributed by atoms with E-state index < -0.39 is 0 Å². The Kier molecular flexibility index (Phi) is 4.87. The van der Waals surface area contributed by atoms with Crippen LogP contribution in [0.2, 0.25) is 10.0 Å². The Morgan fingerprint density at radius 3 is 2.82 bits per heavy atom. The van der Waals surface area contributed by atoms with Gasteiger partial charge in [0.2, 0.25) is 0 Å². The molecule has 22 heavy (non-hydrogen) atoms. The smallest absolute Gasteiger partial charge is 0.0598 e. The maximum atomic E-state index is 6.24. The number of fused-ring (bicyclic) bond motifs is 2. The molecule has 0 spiro atoms. The number of nitrogens with one attached hydrogen (secondary N) is 1. The third-order valence-electron chi connectivity index (χ3n) is 5.69. The van der Waals surface area contributed by atoms with E-state index in [0.29, 0.717) is 16.1 Å². The number of hydrogen-bond acceptors (Lipinski definition) is 1. The second kappa shape index (κ2) is 6.55.